The van der Waals surface area contributed by atoms with E-state index in [1.54, 1.807) is 11.3 Å². The molecule has 1 saturated heterocycles. The van der Waals surface area contributed by atoms with Crippen molar-refractivity contribution in [1.82, 2.24) is 20.5 Å². The number of nitrogens with one attached hydrogen (secondary N) is 2. The molecular formula is C18H34IN5S. The fourth-order valence-electron chi connectivity index (χ4n) is 3.00. The molecule has 1 aromatic heterocycles. The van der Waals surface area contributed by atoms with E-state index in [-0.39, 0.29) is 24.0 Å². The van der Waals surface area contributed by atoms with Gasteiger partial charge in [0, 0.05) is 24.7 Å². The van der Waals surface area contributed by atoms with Gasteiger partial charge in [0.15, 0.2) is 5.96 Å². The summed E-state index contributed by atoms with van der Waals surface area (Å²) in [6, 6.07) is 0. The number of halogens is 1. The summed E-state index contributed by atoms with van der Waals surface area (Å²) in [5.41, 5.74) is 0. The van der Waals surface area contributed by atoms with Gasteiger partial charge < -0.3 is 15.5 Å². The number of thiazole rings is 1. The van der Waals surface area contributed by atoms with Crippen molar-refractivity contribution in [1.29, 1.82) is 0 Å². The van der Waals surface area contributed by atoms with Crippen molar-refractivity contribution < 1.29 is 0 Å². The Morgan fingerprint density at radius 3 is 2.68 bits per heavy atom. The zero-order valence-electron chi connectivity index (χ0n) is 15.7. The van der Waals surface area contributed by atoms with Crippen LogP contribution in [0.3, 0.4) is 0 Å². The van der Waals surface area contributed by atoms with E-state index >= 15 is 0 Å². The molecule has 0 amide bonds. The quantitative estimate of drug-likeness (QED) is 0.246. The number of hydrogen-bond donors (Lipinski definition) is 2. The van der Waals surface area contributed by atoms with Gasteiger partial charge in [-0.3, -0.25) is 4.99 Å². The number of rotatable bonds is 9. The molecule has 5 nitrogen and oxygen atoms in total. The largest absolute Gasteiger partial charge is 0.356 e. The average molecular weight is 479 g/mol. The van der Waals surface area contributed by atoms with E-state index in [0.29, 0.717) is 0 Å². The van der Waals surface area contributed by atoms with Crippen molar-refractivity contribution in [3.05, 3.63) is 16.1 Å². The number of unbranched alkanes of at least 4 members (excludes halogenated alkanes) is 2. The topological polar surface area (TPSA) is 52.6 Å². The number of nitrogens with zero attached hydrogens (tertiary/aromatic N) is 3. The normalized spacial score (nSPS) is 15.7. The fourth-order valence-corrected chi connectivity index (χ4v) is 3.80. The molecule has 1 aliphatic heterocycles. The Kier molecular flexibility index (Phi) is 12.4. The molecule has 7 heteroatoms. The van der Waals surface area contributed by atoms with Gasteiger partial charge in [-0.1, -0.05) is 19.8 Å². The molecule has 25 heavy (non-hydrogen) atoms. The first-order valence-corrected chi connectivity index (χ1v) is 10.2. The van der Waals surface area contributed by atoms with Crippen molar-refractivity contribution in [2.75, 3.05) is 33.2 Å². The van der Waals surface area contributed by atoms with E-state index in [2.05, 4.69) is 32.4 Å². The molecule has 0 bridgehead atoms. The summed E-state index contributed by atoms with van der Waals surface area (Å²) in [5, 5.41) is 7.87. The van der Waals surface area contributed by atoms with Crippen LogP contribution >= 0.6 is 35.3 Å². The highest BCUT2D eigenvalue weighted by Gasteiger charge is 2.08. The van der Waals surface area contributed by atoms with Crippen LogP contribution in [0.4, 0.5) is 0 Å². The van der Waals surface area contributed by atoms with Crippen LogP contribution in [0.5, 0.6) is 0 Å². The average Bonchev–Trinajstić information content (AvgIpc) is 3.09. The number of piperidine rings is 1. The number of hydrogen-bond acceptors (Lipinski definition) is 4. The van der Waals surface area contributed by atoms with Crippen molar-refractivity contribution in [2.24, 2.45) is 4.99 Å². The summed E-state index contributed by atoms with van der Waals surface area (Å²) >= 11 is 1.77. The van der Waals surface area contributed by atoms with Crippen molar-refractivity contribution in [2.45, 2.75) is 58.4 Å². The van der Waals surface area contributed by atoms with E-state index in [0.717, 1.165) is 30.5 Å². The van der Waals surface area contributed by atoms with E-state index in [9.17, 15) is 0 Å². The lowest BCUT2D eigenvalue weighted by Gasteiger charge is -2.26. The summed E-state index contributed by atoms with van der Waals surface area (Å²) < 4.78 is 0. The Morgan fingerprint density at radius 1 is 1.20 bits per heavy atom. The van der Waals surface area contributed by atoms with E-state index in [1.807, 2.05) is 13.2 Å². The first-order chi connectivity index (χ1) is 11.8. The van der Waals surface area contributed by atoms with Crippen LogP contribution in [0.2, 0.25) is 0 Å². The Hall–Kier alpha value is -0.410. The Labute approximate surface area is 174 Å². The lowest BCUT2D eigenvalue weighted by Crippen LogP contribution is -2.37. The van der Waals surface area contributed by atoms with Crippen molar-refractivity contribution >= 4 is 41.3 Å². The molecule has 0 aromatic carbocycles. The highest BCUT2D eigenvalue weighted by molar-refractivity contribution is 14.0. The molecule has 0 radical (unpaired) electrons. The molecule has 0 aliphatic carbocycles. The van der Waals surface area contributed by atoms with Crippen LogP contribution in [0.1, 0.15) is 55.3 Å². The minimum Gasteiger partial charge on any atom is -0.356 e. The smallest absolute Gasteiger partial charge is 0.191 e. The first-order valence-electron chi connectivity index (χ1n) is 9.42. The standard InChI is InChI=1S/C18H33N5S.HI/c1-3-16-14-21-17(24-16)15-22-18(19-2)20-10-6-4-7-11-23-12-8-5-9-13-23;/h14H,3-13,15H2,1-2H3,(H2,19,20,22);1H. The van der Waals surface area contributed by atoms with Crippen molar-refractivity contribution in [3.63, 3.8) is 0 Å². The molecule has 2 heterocycles. The Morgan fingerprint density at radius 2 is 2.00 bits per heavy atom. The van der Waals surface area contributed by atoms with Gasteiger partial charge in [-0.15, -0.1) is 35.3 Å². The van der Waals surface area contributed by atoms with Gasteiger partial charge in [-0.25, -0.2) is 4.98 Å². The molecule has 0 spiro atoms. The van der Waals surface area contributed by atoms with Gasteiger partial charge in [0.1, 0.15) is 5.01 Å². The maximum absolute atomic E-state index is 4.43. The highest BCUT2D eigenvalue weighted by Crippen LogP contribution is 2.12. The summed E-state index contributed by atoms with van der Waals surface area (Å²) in [6.07, 6.45) is 11.0. The second-order valence-corrected chi connectivity index (χ2v) is 7.59. The van der Waals surface area contributed by atoms with Crippen LogP contribution in [0, 0.1) is 0 Å². The predicted molar refractivity (Wildman–Crippen MR) is 119 cm³/mol. The van der Waals surface area contributed by atoms with Crippen LogP contribution in [0.15, 0.2) is 11.2 Å². The van der Waals surface area contributed by atoms with Gasteiger partial charge >= 0.3 is 0 Å². The summed E-state index contributed by atoms with van der Waals surface area (Å²) in [7, 11) is 1.82. The fraction of sp³-hybridized carbons (Fsp3) is 0.778. The number of likely N-dealkylation sites (tertiary alicyclic amines) is 1. The summed E-state index contributed by atoms with van der Waals surface area (Å²) in [4.78, 5) is 12.7. The van der Waals surface area contributed by atoms with Crippen molar-refractivity contribution in [3.8, 4) is 0 Å². The number of guanidine groups is 1. The number of aliphatic imine (C=N–C) groups is 1. The maximum Gasteiger partial charge on any atom is 0.191 e. The molecule has 144 valence electrons. The minimum absolute atomic E-state index is 0. The molecule has 2 N–H and O–H groups in total. The third-order valence-electron chi connectivity index (χ3n) is 4.47. The SMILES string of the molecule is CCc1cnc(CNC(=NC)NCCCCCN2CCCCC2)s1.I. The zero-order chi connectivity index (χ0) is 17.0. The van der Waals surface area contributed by atoms with Gasteiger partial charge in [-0.05, 0) is 51.7 Å². The number of aromatic nitrogens is 1. The van der Waals surface area contributed by atoms with Crippen LogP contribution in [0.25, 0.3) is 0 Å². The third-order valence-corrected chi connectivity index (χ3v) is 5.61. The molecule has 1 aliphatic rings. The maximum atomic E-state index is 4.43. The van der Waals surface area contributed by atoms with Crippen LogP contribution in [-0.2, 0) is 13.0 Å². The monoisotopic (exact) mass is 479 g/mol. The second kappa shape index (κ2) is 13.7. The third kappa shape index (κ3) is 9.19. The van der Waals surface area contributed by atoms with Crippen LogP contribution < -0.4 is 10.6 Å². The Balaban J connectivity index is 0.00000312. The lowest BCUT2D eigenvalue weighted by molar-refractivity contribution is 0.224. The van der Waals surface area contributed by atoms with E-state index in [4.69, 9.17) is 0 Å². The van der Waals surface area contributed by atoms with Gasteiger partial charge in [0.05, 0.1) is 6.54 Å². The second-order valence-electron chi connectivity index (χ2n) is 6.39. The molecule has 2 rings (SSSR count). The van der Waals surface area contributed by atoms with E-state index in [1.165, 1.54) is 63.0 Å². The summed E-state index contributed by atoms with van der Waals surface area (Å²) in [5.74, 6) is 0.874. The first kappa shape index (κ1) is 22.6. The molecule has 0 unspecified atom stereocenters. The van der Waals surface area contributed by atoms with Crippen LogP contribution in [-0.4, -0.2) is 49.1 Å². The van der Waals surface area contributed by atoms with Gasteiger partial charge in [0.2, 0.25) is 0 Å². The minimum atomic E-state index is 0. The molecule has 0 saturated carbocycles. The Bertz CT molecular complexity index is 486. The lowest BCUT2D eigenvalue weighted by atomic mass is 10.1. The molecule has 1 aromatic rings. The predicted octanol–water partition coefficient (Wildman–Crippen LogP) is 3.64. The zero-order valence-corrected chi connectivity index (χ0v) is 18.9. The molecule has 0 atom stereocenters. The summed E-state index contributed by atoms with van der Waals surface area (Å²) in [6.45, 7) is 7.79. The van der Waals surface area contributed by atoms with Gasteiger partial charge in [-0.2, -0.15) is 0 Å². The van der Waals surface area contributed by atoms with E-state index < -0.39 is 0 Å². The molecular weight excluding hydrogens is 445 g/mol. The molecule has 1 fully saturated rings. The highest BCUT2D eigenvalue weighted by atomic mass is 127. The number of aryl methyl sites for hydroxylation is 1. The van der Waals surface area contributed by atoms with Gasteiger partial charge in [0.25, 0.3) is 0 Å².